The van der Waals surface area contributed by atoms with Gasteiger partial charge < -0.3 is 14.5 Å². The summed E-state index contributed by atoms with van der Waals surface area (Å²) in [5, 5.41) is 3.03. The summed E-state index contributed by atoms with van der Waals surface area (Å²) in [6.45, 7) is 1.69. The summed E-state index contributed by atoms with van der Waals surface area (Å²) in [6.07, 6.45) is 4.57. The van der Waals surface area contributed by atoms with Gasteiger partial charge in [0.1, 0.15) is 6.26 Å². The van der Waals surface area contributed by atoms with Crippen molar-refractivity contribution in [2.45, 2.75) is 32.1 Å². The molecule has 1 saturated carbocycles. The molecule has 7 heteroatoms. The summed E-state index contributed by atoms with van der Waals surface area (Å²) in [7, 11) is 1.30. The van der Waals surface area contributed by atoms with Crippen molar-refractivity contribution in [3.63, 3.8) is 0 Å². The van der Waals surface area contributed by atoms with Crippen LogP contribution in [0.3, 0.4) is 0 Å². The number of nitrogens with one attached hydrogen (secondary N) is 1. The molecule has 0 bridgehead atoms. The molecule has 0 radical (unpaired) electrons. The number of hydrogen-bond donors (Lipinski definition) is 1. The third kappa shape index (κ3) is 3.01. The second kappa shape index (κ2) is 6.65. The Kier molecular flexibility index (Phi) is 4.57. The van der Waals surface area contributed by atoms with Crippen LogP contribution < -0.4 is 5.32 Å². The van der Waals surface area contributed by atoms with Gasteiger partial charge >= 0.3 is 5.97 Å². The third-order valence-electron chi connectivity index (χ3n) is 4.27. The Labute approximate surface area is 144 Å². The number of benzene rings is 1. The Balaban J connectivity index is 1.83. The number of hydrogen-bond acceptors (Lipinski definition) is 5. The van der Waals surface area contributed by atoms with Crippen molar-refractivity contribution < 1.29 is 18.7 Å². The molecule has 1 aliphatic carbocycles. The van der Waals surface area contributed by atoms with Gasteiger partial charge in [-0.1, -0.05) is 18.0 Å². The predicted octanol–water partition coefficient (Wildman–Crippen LogP) is 3.94. The standard InChI is InChI=1S/C17H17ClN2O4/c1-9-11(17(22)23-2)6-7-12(18)14(9)20-15(21)13-8-24-16(19-13)10-4-3-5-10/h6-8,10H,3-5H2,1-2H3,(H,20,21). The fraction of sp³-hybridized carbons (Fsp3) is 0.353. The minimum Gasteiger partial charge on any atom is -0.465 e. The molecule has 6 nitrogen and oxygen atoms in total. The third-order valence-corrected chi connectivity index (χ3v) is 4.58. The van der Waals surface area contributed by atoms with Crippen LogP contribution in [0.5, 0.6) is 0 Å². The number of ether oxygens (including phenoxy) is 1. The Hall–Kier alpha value is -2.34. The van der Waals surface area contributed by atoms with Crippen molar-refractivity contribution in [1.29, 1.82) is 0 Å². The van der Waals surface area contributed by atoms with Crippen LogP contribution >= 0.6 is 11.6 Å². The Morgan fingerprint density at radius 2 is 2.12 bits per heavy atom. The number of anilines is 1. The van der Waals surface area contributed by atoms with Crippen molar-refractivity contribution in [1.82, 2.24) is 4.98 Å². The smallest absolute Gasteiger partial charge is 0.338 e. The summed E-state index contributed by atoms with van der Waals surface area (Å²) < 4.78 is 10.1. The van der Waals surface area contributed by atoms with Gasteiger partial charge in [-0.15, -0.1) is 0 Å². The maximum Gasteiger partial charge on any atom is 0.338 e. The number of oxazole rings is 1. The van der Waals surface area contributed by atoms with Crippen LogP contribution in [0.1, 0.15) is 57.5 Å². The van der Waals surface area contributed by atoms with E-state index in [9.17, 15) is 9.59 Å². The lowest BCUT2D eigenvalue weighted by Crippen LogP contribution is -2.16. The molecule has 0 saturated heterocycles. The van der Waals surface area contributed by atoms with Crippen molar-refractivity contribution >= 4 is 29.2 Å². The van der Waals surface area contributed by atoms with Gasteiger partial charge in [0.15, 0.2) is 11.6 Å². The Morgan fingerprint density at radius 1 is 1.38 bits per heavy atom. The van der Waals surface area contributed by atoms with E-state index < -0.39 is 11.9 Å². The first-order valence-electron chi connectivity index (χ1n) is 7.65. The van der Waals surface area contributed by atoms with Gasteiger partial charge in [-0.25, -0.2) is 9.78 Å². The minimum atomic E-state index is -0.492. The summed E-state index contributed by atoms with van der Waals surface area (Å²) in [4.78, 5) is 28.4. The number of nitrogens with zero attached hydrogens (tertiary/aromatic N) is 1. The fourth-order valence-corrected chi connectivity index (χ4v) is 2.83. The molecule has 0 spiro atoms. The first-order valence-corrected chi connectivity index (χ1v) is 8.03. The summed E-state index contributed by atoms with van der Waals surface area (Å²) >= 11 is 6.16. The Morgan fingerprint density at radius 3 is 2.75 bits per heavy atom. The monoisotopic (exact) mass is 348 g/mol. The molecule has 0 atom stereocenters. The van der Waals surface area contributed by atoms with E-state index in [1.54, 1.807) is 19.1 Å². The highest BCUT2D eigenvalue weighted by molar-refractivity contribution is 6.34. The van der Waals surface area contributed by atoms with E-state index in [1.807, 2.05) is 0 Å². The van der Waals surface area contributed by atoms with Crippen LogP contribution in [0, 0.1) is 6.92 Å². The van der Waals surface area contributed by atoms with Gasteiger partial charge in [0.2, 0.25) is 0 Å². The van der Waals surface area contributed by atoms with E-state index in [0.717, 1.165) is 19.3 Å². The van der Waals surface area contributed by atoms with Crippen molar-refractivity contribution in [2.75, 3.05) is 12.4 Å². The molecule has 1 N–H and O–H groups in total. The summed E-state index contributed by atoms with van der Waals surface area (Å²) in [5.74, 6) is -0.0261. The lowest BCUT2D eigenvalue weighted by Gasteiger charge is -2.21. The van der Waals surface area contributed by atoms with Crippen LogP contribution in [0.2, 0.25) is 5.02 Å². The SMILES string of the molecule is COC(=O)c1ccc(Cl)c(NC(=O)c2coc(C3CCC3)n2)c1C. The highest BCUT2D eigenvalue weighted by Crippen LogP contribution is 2.36. The molecule has 1 aliphatic rings. The quantitative estimate of drug-likeness (QED) is 0.846. The van der Waals surface area contributed by atoms with Crippen molar-refractivity contribution in [3.8, 4) is 0 Å². The van der Waals surface area contributed by atoms with Gasteiger partial charge in [0, 0.05) is 5.92 Å². The van der Waals surface area contributed by atoms with E-state index in [4.69, 9.17) is 20.8 Å². The number of rotatable bonds is 4. The number of halogens is 1. The molecule has 0 aliphatic heterocycles. The van der Waals surface area contributed by atoms with E-state index in [1.165, 1.54) is 13.4 Å². The molecule has 1 fully saturated rings. The second-order valence-electron chi connectivity index (χ2n) is 5.74. The lowest BCUT2D eigenvalue weighted by atomic mass is 9.85. The highest BCUT2D eigenvalue weighted by atomic mass is 35.5. The van der Waals surface area contributed by atoms with Gasteiger partial charge in [0.05, 0.1) is 23.4 Å². The van der Waals surface area contributed by atoms with Crippen molar-refractivity contribution in [2.24, 2.45) is 0 Å². The molecular formula is C17H17ClN2O4. The van der Waals surface area contributed by atoms with Gasteiger partial charge in [-0.3, -0.25) is 4.79 Å². The van der Waals surface area contributed by atoms with Crippen LogP contribution in [0.25, 0.3) is 0 Å². The van der Waals surface area contributed by atoms with Crippen LogP contribution in [0.4, 0.5) is 5.69 Å². The van der Waals surface area contributed by atoms with Crippen LogP contribution in [-0.4, -0.2) is 24.0 Å². The number of methoxy groups -OCH3 is 1. The van der Waals surface area contributed by atoms with Crippen molar-refractivity contribution in [3.05, 3.63) is 46.1 Å². The van der Waals surface area contributed by atoms with Gasteiger partial charge in [-0.05, 0) is 37.5 Å². The zero-order valence-electron chi connectivity index (χ0n) is 13.4. The zero-order chi connectivity index (χ0) is 17.3. The van der Waals surface area contributed by atoms with Gasteiger partial charge in [0.25, 0.3) is 5.91 Å². The zero-order valence-corrected chi connectivity index (χ0v) is 14.1. The lowest BCUT2D eigenvalue weighted by molar-refractivity contribution is 0.0599. The molecular weight excluding hydrogens is 332 g/mol. The van der Waals surface area contributed by atoms with E-state index in [0.29, 0.717) is 33.6 Å². The minimum absolute atomic E-state index is 0.191. The first-order chi connectivity index (χ1) is 11.5. The number of carbonyl (C=O) groups is 2. The molecule has 1 aromatic heterocycles. The molecule has 1 aromatic carbocycles. The molecule has 1 heterocycles. The number of amides is 1. The summed E-state index contributed by atoms with van der Waals surface area (Å²) in [6, 6.07) is 3.10. The summed E-state index contributed by atoms with van der Waals surface area (Å²) in [5.41, 5.74) is 1.42. The maximum absolute atomic E-state index is 12.4. The van der Waals surface area contributed by atoms with E-state index >= 15 is 0 Å². The average Bonchev–Trinajstić information content (AvgIpc) is 2.98. The first kappa shape index (κ1) is 16.5. The normalized spacial score (nSPS) is 14.1. The van der Waals surface area contributed by atoms with Crippen LogP contribution in [-0.2, 0) is 4.74 Å². The highest BCUT2D eigenvalue weighted by Gasteiger charge is 2.26. The molecule has 0 unspecified atom stereocenters. The molecule has 126 valence electrons. The number of carbonyl (C=O) groups excluding carboxylic acids is 2. The molecule has 2 aromatic rings. The predicted molar refractivity (Wildman–Crippen MR) is 88.6 cm³/mol. The van der Waals surface area contributed by atoms with E-state index in [-0.39, 0.29) is 5.69 Å². The molecule has 24 heavy (non-hydrogen) atoms. The molecule has 3 rings (SSSR count). The van der Waals surface area contributed by atoms with Crippen LogP contribution in [0.15, 0.2) is 22.8 Å². The maximum atomic E-state index is 12.4. The second-order valence-corrected chi connectivity index (χ2v) is 6.15. The number of aromatic nitrogens is 1. The molecule has 1 amide bonds. The number of esters is 1. The largest absolute Gasteiger partial charge is 0.465 e. The van der Waals surface area contributed by atoms with E-state index in [2.05, 4.69) is 10.3 Å². The fourth-order valence-electron chi connectivity index (χ4n) is 2.58. The Bertz CT molecular complexity index is 796. The topological polar surface area (TPSA) is 81.4 Å². The average molecular weight is 349 g/mol. The van der Waals surface area contributed by atoms with Gasteiger partial charge in [-0.2, -0.15) is 0 Å².